The van der Waals surface area contributed by atoms with Gasteiger partial charge in [-0.25, -0.2) is 0 Å². The molecule has 0 saturated carbocycles. The number of nitrogens with one attached hydrogen (secondary N) is 1. The molecule has 4 heteroatoms. The number of hydrogen-bond donors (Lipinski definition) is 1. The normalized spacial score (nSPS) is 10.5. The van der Waals surface area contributed by atoms with Crippen LogP contribution in [0, 0.1) is 0 Å². The molecule has 1 amide bonds. The number of hydrogen-bond acceptors (Lipinski definition) is 1. The molecule has 3 aromatic rings. The van der Waals surface area contributed by atoms with E-state index in [0.29, 0.717) is 17.1 Å². The molecular weight excluding hydrogens is 353 g/mol. The molecule has 0 aliphatic heterocycles. The van der Waals surface area contributed by atoms with Gasteiger partial charge in [-0.1, -0.05) is 83.9 Å². The lowest BCUT2D eigenvalue weighted by molar-refractivity contribution is 0.0951. The minimum atomic E-state index is -0.234. The maximum absolute atomic E-state index is 12.4. The molecule has 0 radical (unpaired) electrons. The van der Waals surface area contributed by atoms with E-state index < -0.39 is 0 Å². The van der Waals surface area contributed by atoms with Gasteiger partial charge in [0.05, 0.1) is 15.6 Å². The van der Waals surface area contributed by atoms with Crippen LogP contribution in [0.5, 0.6) is 0 Å². The fourth-order valence-corrected chi connectivity index (χ4v) is 3.05. The van der Waals surface area contributed by atoms with E-state index in [1.54, 1.807) is 18.2 Å². The van der Waals surface area contributed by atoms with Crippen LogP contribution in [0.1, 0.15) is 27.0 Å². The van der Waals surface area contributed by atoms with Gasteiger partial charge in [0, 0.05) is 6.54 Å². The fourth-order valence-electron chi connectivity index (χ4n) is 2.67. The minimum Gasteiger partial charge on any atom is -0.348 e. The topological polar surface area (TPSA) is 29.1 Å². The molecule has 1 N–H and O–H groups in total. The average molecular weight is 370 g/mol. The van der Waals surface area contributed by atoms with Crippen LogP contribution in [-0.4, -0.2) is 5.91 Å². The third-order valence-electron chi connectivity index (χ3n) is 3.99. The smallest absolute Gasteiger partial charge is 0.253 e. The molecule has 0 unspecified atom stereocenters. The molecule has 2 nitrogen and oxygen atoms in total. The van der Waals surface area contributed by atoms with E-state index in [0.717, 1.165) is 12.0 Å². The molecule has 0 atom stereocenters. The maximum Gasteiger partial charge on any atom is 0.253 e. The molecule has 0 heterocycles. The SMILES string of the molecule is O=C(NCc1ccccc1Cc1ccccc1)c1cccc(Cl)c1Cl. The van der Waals surface area contributed by atoms with E-state index in [2.05, 4.69) is 23.5 Å². The first-order valence-electron chi connectivity index (χ1n) is 7.98. The third-order valence-corrected chi connectivity index (χ3v) is 4.81. The Morgan fingerprint density at radius 2 is 1.48 bits per heavy atom. The Bertz CT molecular complexity index is 878. The van der Waals surface area contributed by atoms with Gasteiger partial charge in [-0.3, -0.25) is 4.79 Å². The van der Waals surface area contributed by atoms with Crippen molar-refractivity contribution in [2.24, 2.45) is 0 Å². The Balaban J connectivity index is 1.73. The second-order valence-electron chi connectivity index (χ2n) is 5.72. The molecule has 126 valence electrons. The Morgan fingerprint density at radius 3 is 2.24 bits per heavy atom. The van der Waals surface area contributed by atoms with E-state index in [4.69, 9.17) is 23.2 Å². The second-order valence-corrected chi connectivity index (χ2v) is 6.50. The molecule has 0 aliphatic carbocycles. The third kappa shape index (κ3) is 4.41. The summed E-state index contributed by atoms with van der Waals surface area (Å²) in [4.78, 5) is 12.4. The van der Waals surface area contributed by atoms with Crippen LogP contribution in [-0.2, 0) is 13.0 Å². The first-order valence-corrected chi connectivity index (χ1v) is 8.73. The Kier molecular flexibility index (Phi) is 5.75. The summed E-state index contributed by atoms with van der Waals surface area (Å²) in [5, 5.41) is 3.58. The number of halogens is 2. The zero-order chi connectivity index (χ0) is 17.6. The van der Waals surface area contributed by atoms with Crippen LogP contribution >= 0.6 is 23.2 Å². The first kappa shape index (κ1) is 17.5. The number of amides is 1. The second kappa shape index (κ2) is 8.19. The van der Waals surface area contributed by atoms with Crippen molar-refractivity contribution in [3.05, 3.63) is 105 Å². The lowest BCUT2D eigenvalue weighted by Gasteiger charge is -2.12. The van der Waals surface area contributed by atoms with E-state index in [-0.39, 0.29) is 10.9 Å². The van der Waals surface area contributed by atoms with Crippen LogP contribution in [0.2, 0.25) is 10.0 Å². The van der Waals surface area contributed by atoms with E-state index in [1.165, 1.54) is 11.1 Å². The molecule has 0 aliphatic rings. The fraction of sp³-hybridized carbons (Fsp3) is 0.0952. The summed E-state index contributed by atoms with van der Waals surface area (Å²) in [5.74, 6) is -0.234. The summed E-state index contributed by atoms with van der Waals surface area (Å²) in [5.41, 5.74) is 3.89. The van der Waals surface area contributed by atoms with E-state index in [1.807, 2.05) is 36.4 Å². The van der Waals surface area contributed by atoms with Crippen molar-refractivity contribution in [1.29, 1.82) is 0 Å². The van der Waals surface area contributed by atoms with Gasteiger partial charge in [-0.2, -0.15) is 0 Å². The number of carbonyl (C=O) groups is 1. The van der Waals surface area contributed by atoms with Gasteiger partial charge in [0.2, 0.25) is 0 Å². The van der Waals surface area contributed by atoms with Gasteiger partial charge >= 0.3 is 0 Å². The predicted octanol–water partition coefficient (Wildman–Crippen LogP) is 5.51. The number of carbonyl (C=O) groups excluding carboxylic acids is 1. The van der Waals surface area contributed by atoms with Crippen molar-refractivity contribution in [2.45, 2.75) is 13.0 Å². The quantitative estimate of drug-likeness (QED) is 0.630. The molecule has 0 saturated heterocycles. The van der Waals surface area contributed by atoms with Gasteiger partial charge in [0.25, 0.3) is 5.91 Å². The van der Waals surface area contributed by atoms with Crippen LogP contribution < -0.4 is 5.32 Å². The molecule has 0 aromatic heterocycles. The van der Waals surface area contributed by atoms with Gasteiger partial charge in [-0.15, -0.1) is 0 Å². The van der Waals surface area contributed by atoms with Crippen molar-refractivity contribution in [3.8, 4) is 0 Å². The predicted molar refractivity (Wildman–Crippen MR) is 103 cm³/mol. The van der Waals surface area contributed by atoms with Crippen LogP contribution in [0.15, 0.2) is 72.8 Å². The highest BCUT2D eigenvalue weighted by molar-refractivity contribution is 6.43. The molecule has 0 spiro atoms. The molecule has 3 rings (SSSR count). The summed E-state index contributed by atoms with van der Waals surface area (Å²) in [6, 6.07) is 23.4. The Hall–Kier alpha value is -2.29. The first-order chi connectivity index (χ1) is 12.1. The highest BCUT2D eigenvalue weighted by Gasteiger charge is 2.13. The zero-order valence-corrected chi connectivity index (χ0v) is 15.0. The highest BCUT2D eigenvalue weighted by Crippen LogP contribution is 2.25. The van der Waals surface area contributed by atoms with Crippen molar-refractivity contribution in [2.75, 3.05) is 0 Å². The standard InChI is InChI=1S/C21H17Cl2NO/c22-19-12-6-11-18(20(19)23)21(25)24-14-17-10-5-4-9-16(17)13-15-7-2-1-3-8-15/h1-12H,13-14H2,(H,24,25). The van der Waals surface area contributed by atoms with Crippen LogP contribution in [0.25, 0.3) is 0 Å². The lowest BCUT2D eigenvalue weighted by atomic mass is 9.99. The lowest BCUT2D eigenvalue weighted by Crippen LogP contribution is -2.23. The summed E-state index contributed by atoms with van der Waals surface area (Å²) < 4.78 is 0. The molecule has 0 bridgehead atoms. The monoisotopic (exact) mass is 369 g/mol. The van der Waals surface area contributed by atoms with Crippen molar-refractivity contribution in [1.82, 2.24) is 5.32 Å². The summed E-state index contributed by atoms with van der Waals surface area (Å²) >= 11 is 12.1. The van der Waals surface area contributed by atoms with Crippen LogP contribution in [0.4, 0.5) is 0 Å². The summed E-state index contributed by atoms with van der Waals surface area (Å²) in [6.45, 7) is 0.435. The molecule has 25 heavy (non-hydrogen) atoms. The van der Waals surface area contributed by atoms with Crippen molar-refractivity contribution in [3.63, 3.8) is 0 Å². The largest absolute Gasteiger partial charge is 0.348 e. The minimum absolute atomic E-state index is 0.234. The van der Waals surface area contributed by atoms with E-state index in [9.17, 15) is 4.79 Å². The number of benzene rings is 3. The van der Waals surface area contributed by atoms with Gasteiger partial charge in [-0.05, 0) is 35.2 Å². The van der Waals surface area contributed by atoms with Crippen molar-refractivity contribution < 1.29 is 4.79 Å². The average Bonchev–Trinajstić information content (AvgIpc) is 2.64. The van der Waals surface area contributed by atoms with Gasteiger partial charge < -0.3 is 5.32 Å². The molecule has 3 aromatic carbocycles. The number of rotatable bonds is 5. The Labute approximate surface area is 157 Å². The zero-order valence-electron chi connectivity index (χ0n) is 13.5. The molecular formula is C21H17Cl2NO. The summed E-state index contributed by atoms with van der Waals surface area (Å²) in [6.07, 6.45) is 0.824. The van der Waals surface area contributed by atoms with Gasteiger partial charge in [0.1, 0.15) is 0 Å². The summed E-state index contributed by atoms with van der Waals surface area (Å²) in [7, 11) is 0. The van der Waals surface area contributed by atoms with E-state index >= 15 is 0 Å². The maximum atomic E-state index is 12.4. The highest BCUT2D eigenvalue weighted by atomic mass is 35.5. The van der Waals surface area contributed by atoms with Crippen LogP contribution in [0.3, 0.4) is 0 Å². The van der Waals surface area contributed by atoms with Gasteiger partial charge in [0.15, 0.2) is 0 Å². The van der Waals surface area contributed by atoms with Crippen molar-refractivity contribution >= 4 is 29.1 Å². The molecule has 0 fully saturated rings. The Morgan fingerprint density at radius 1 is 0.800 bits per heavy atom.